The highest BCUT2D eigenvalue weighted by atomic mass is 16.5. The van der Waals surface area contributed by atoms with Gasteiger partial charge in [0.05, 0.1) is 19.3 Å². The van der Waals surface area contributed by atoms with Crippen LogP contribution < -0.4 is 14.4 Å². The highest BCUT2D eigenvalue weighted by Crippen LogP contribution is 2.33. The predicted molar refractivity (Wildman–Crippen MR) is 103 cm³/mol. The normalized spacial score (nSPS) is 10.2. The van der Waals surface area contributed by atoms with Gasteiger partial charge >= 0.3 is 0 Å². The van der Waals surface area contributed by atoms with Crippen molar-refractivity contribution in [2.45, 2.75) is 13.5 Å². The molecule has 0 saturated heterocycles. The minimum atomic E-state index is -0.0510. The van der Waals surface area contributed by atoms with E-state index in [9.17, 15) is 4.79 Å². The van der Waals surface area contributed by atoms with Crippen molar-refractivity contribution in [1.29, 1.82) is 0 Å². The highest BCUT2D eigenvalue weighted by Gasteiger charge is 2.17. The van der Waals surface area contributed by atoms with E-state index in [1.807, 2.05) is 78.9 Å². The molecule has 132 valence electrons. The summed E-state index contributed by atoms with van der Waals surface area (Å²) in [5.74, 6) is 2.11. The summed E-state index contributed by atoms with van der Waals surface area (Å²) in [5.41, 5.74) is 1.75. The summed E-state index contributed by atoms with van der Waals surface area (Å²) < 4.78 is 11.2. The smallest absolute Gasteiger partial charge is 0.224 e. The number of amides is 1. The van der Waals surface area contributed by atoms with Crippen molar-refractivity contribution in [1.82, 2.24) is 0 Å². The maximum Gasteiger partial charge on any atom is 0.224 e. The zero-order valence-electron chi connectivity index (χ0n) is 14.9. The molecule has 0 heterocycles. The second kappa shape index (κ2) is 8.21. The number of carbonyl (C=O) groups excluding carboxylic acids is 1. The van der Waals surface area contributed by atoms with Crippen LogP contribution in [-0.2, 0) is 11.3 Å². The highest BCUT2D eigenvalue weighted by molar-refractivity contribution is 5.93. The number of rotatable bonds is 6. The zero-order valence-corrected chi connectivity index (χ0v) is 14.9. The minimum absolute atomic E-state index is 0.0510. The van der Waals surface area contributed by atoms with E-state index in [2.05, 4.69) is 0 Å². The van der Waals surface area contributed by atoms with Crippen LogP contribution in [0.3, 0.4) is 0 Å². The number of nitrogens with zero attached hydrogens (tertiary/aromatic N) is 1. The van der Waals surface area contributed by atoms with Crippen molar-refractivity contribution in [2.75, 3.05) is 12.0 Å². The number of hydrogen-bond acceptors (Lipinski definition) is 3. The molecule has 3 aromatic rings. The molecule has 1 amide bonds. The lowest BCUT2D eigenvalue weighted by atomic mass is 10.1. The van der Waals surface area contributed by atoms with E-state index in [0.29, 0.717) is 12.3 Å². The molecule has 0 spiro atoms. The fourth-order valence-corrected chi connectivity index (χ4v) is 2.66. The Morgan fingerprint density at radius 3 is 2.15 bits per heavy atom. The van der Waals surface area contributed by atoms with E-state index >= 15 is 0 Å². The van der Waals surface area contributed by atoms with Crippen LogP contribution >= 0.6 is 0 Å². The monoisotopic (exact) mass is 347 g/mol. The summed E-state index contributed by atoms with van der Waals surface area (Å²) in [6.07, 6.45) is 0. The Balaban J connectivity index is 1.89. The first kappa shape index (κ1) is 17.5. The Hall–Kier alpha value is -3.27. The standard InChI is InChI=1S/C22H21NO3/c1-17(24)23(16-18-12-14-19(25-2)15-13-18)21-10-6-7-11-22(21)26-20-8-4-3-5-9-20/h3-15H,16H2,1-2H3. The lowest BCUT2D eigenvalue weighted by Gasteiger charge is -2.24. The Morgan fingerprint density at radius 1 is 0.846 bits per heavy atom. The molecule has 0 aromatic heterocycles. The molecule has 0 N–H and O–H groups in total. The van der Waals surface area contributed by atoms with Gasteiger partial charge in [0.25, 0.3) is 0 Å². The summed E-state index contributed by atoms with van der Waals surface area (Å²) in [6, 6.07) is 24.8. The number of anilines is 1. The first-order valence-electron chi connectivity index (χ1n) is 8.40. The third-order valence-electron chi connectivity index (χ3n) is 4.01. The van der Waals surface area contributed by atoms with E-state index in [4.69, 9.17) is 9.47 Å². The van der Waals surface area contributed by atoms with Gasteiger partial charge in [0.15, 0.2) is 5.75 Å². The lowest BCUT2D eigenvalue weighted by molar-refractivity contribution is -0.116. The predicted octanol–water partition coefficient (Wildman–Crippen LogP) is 5.04. The average molecular weight is 347 g/mol. The Bertz CT molecular complexity index is 860. The van der Waals surface area contributed by atoms with Gasteiger partial charge in [-0.25, -0.2) is 0 Å². The summed E-state index contributed by atoms with van der Waals surface area (Å²) in [7, 11) is 1.63. The lowest BCUT2D eigenvalue weighted by Crippen LogP contribution is -2.28. The van der Waals surface area contributed by atoms with Crippen LogP contribution in [0, 0.1) is 0 Å². The summed E-state index contributed by atoms with van der Waals surface area (Å²) in [4.78, 5) is 14.0. The van der Waals surface area contributed by atoms with Gasteiger partial charge in [-0.1, -0.05) is 42.5 Å². The number of carbonyl (C=O) groups is 1. The number of para-hydroxylation sites is 3. The molecule has 4 heteroatoms. The molecular formula is C22H21NO3. The van der Waals surface area contributed by atoms with Crippen LogP contribution in [0.25, 0.3) is 0 Å². The van der Waals surface area contributed by atoms with Gasteiger partial charge in [0, 0.05) is 6.92 Å². The molecule has 4 nitrogen and oxygen atoms in total. The van der Waals surface area contributed by atoms with Crippen LogP contribution in [0.2, 0.25) is 0 Å². The molecule has 0 fully saturated rings. The topological polar surface area (TPSA) is 38.8 Å². The maximum absolute atomic E-state index is 12.3. The van der Waals surface area contributed by atoms with Crippen LogP contribution in [-0.4, -0.2) is 13.0 Å². The van der Waals surface area contributed by atoms with Crippen LogP contribution in [0.1, 0.15) is 12.5 Å². The van der Waals surface area contributed by atoms with Crippen molar-refractivity contribution < 1.29 is 14.3 Å². The van der Waals surface area contributed by atoms with Gasteiger partial charge in [-0.05, 0) is 42.0 Å². The van der Waals surface area contributed by atoms with Gasteiger partial charge < -0.3 is 14.4 Å². The van der Waals surface area contributed by atoms with Crippen molar-refractivity contribution in [3.05, 3.63) is 84.4 Å². The third kappa shape index (κ3) is 4.22. The second-order valence-corrected chi connectivity index (χ2v) is 5.84. The van der Waals surface area contributed by atoms with E-state index in [1.54, 1.807) is 18.9 Å². The minimum Gasteiger partial charge on any atom is -0.497 e. The fraction of sp³-hybridized carbons (Fsp3) is 0.136. The molecule has 3 rings (SSSR count). The summed E-state index contributed by atoms with van der Waals surface area (Å²) >= 11 is 0. The van der Waals surface area contributed by atoms with Crippen LogP contribution in [0.4, 0.5) is 5.69 Å². The molecule has 3 aromatic carbocycles. The molecule has 0 aliphatic heterocycles. The van der Waals surface area contributed by atoms with Crippen molar-refractivity contribution in [3.8, 4) is 17.2 Å². The quantitative estimate of drug-likeness (QED) is 0.627. The first-order chi connectivity index (χ1) is 12.7. The number of ether oxygens (including phenoxy) is 2. The molecule has 26 heavy (non-hydrogen) atoms. The number of hydrogen-bond donors (Lipinski definition) is 0. The maximum atomic E-state index is 12.3. The van der Waals surface area contributed by atoms with E-state index in [-0.39, 0.29) is 5.91 Å². The fourth-order valence-electron chi connectivity index (χ4n) is 2.66. The Morgan fingerprint density at radius 2 is 1.50 bits per heavy atom. The molecule has 0 aliphatic carbocycles. The number of benzene rings is 3. The molecule has 0 atom stereocenters. The molecule has 0 saturated carbocycles. The Labute approximate surface area is 153 Å². The zero-order chi connectivity index (χ0) is 18.4. The average Bonchev–Trinajstić information content (AvgIpc) is 2.68. The molecule has 0 aliphatic rings. The summed E-state index contributed by atoms with van der Waals surface area (Å²) in [6.45, 7) is 2.01. The molecule has 0 unspecified atom stereocenters. The van der Waals surface area contributed by atoms with Gasteiger partial charge in [-0.15, -0.1) is 0 Å². The molecular weight excluding hydrogens is 326 g/mol. The third-order valence-corrected chi connectivity index (χ3v) is 4.01. The van der Waals surface area contributed by atoms with E-state index < -0.39 is 0 Å². The van der Waals surface area contributed by atoms with E-state index in [1.165, 1.54) is 0 Å². The largest absolute Gasteiger partial charge is 0.497 e. The second-order valence-electron chi connectivity index (χ2n) is 5.84. The van der Waals surface area contributed by atoms with Gasteiger partial charge in [-0.2, -0.15) is 0 Å². The van der Waals surface area contributed by atoms with Gasteiger partial charge in [-0.3, -0.25) is 4.79 Å². The van der Waals surface area contributed by atoms with E-state index in [0.717, 1.165) is 22.7 Å². The SMILES string of the molecule is COc1ccc(CN(C(C)=O)c2ccccc2Oc2ccccc2)cc1. The molecule has 0 radical (unpaired) electrons. The molecule has 0 bridgehead atoms. The Kier molecular flexibility index (Phi) is 5.54. The summed E-state index contributed by atoms with van der Waals surface area (Å²) in [5, 5.41) is 0. The van der Waals surface area contributed by atoms with Crippen molar-refractivity contribution in [3.63, 3.8) is 0 Å². The van der Waals surface area contributed by atoms with Gasteiger partial charge in [0.2, 0.25) is 5.91 Å². The van der Waals surface area contributed by atoms with Crippen LogP contribution in [0.15, 0.2) is 78.9 Å². The van der Waals surface area contributed by atoms with Crippen molar-refractivity contribution in [2.24, 2.45) is 0 Å². The first-order valence-corrected chi connectivity index (χ1v) is 8.40. The van der Waals surface area contributed by atoms with Crippen molar-refractivity contribution >= 4 is 11.6 Å². The number of methoxy groups -OCH3 is 1. The van der Waals surface area contributed by atoms with Crippen LogP contribution in [0.5, 0.6) is 17.2 Å². The van der Waals surface area contributed by atoms with Gasteiger partial charge in [0.1, 0.15) is 11.5 Å².